The summed E-state index contributed by atoms with van der Waals surface area (Å²) >= 11 is 0. The molecular weight excluding hydrogens is 260 g/mol. The fourth-order valence-electron chi connectivity index (χ4n) is 2.48. The Hall–Kier alpha value is -2.49. The number of nitrogens with one attached hydrogen (secondary N) is 1. The van der Waals surface area contributed by atoms with Gasteiger partial charge < -0.3 is 10.6 Å². The summed E-state index contributed by atoms with van der Waals surface area (Å²) in [6.45, 7) is 5.17. The minimum atomic E-state index is 0.586. The Bertz CT molecular complexity index is 732. The van der Waals surface area contributed by atoms with E-state index < -0.39 is 0 Å². The van der Waals surface area contributed by atoms with Crippen molar-refractivity contribution in [2.75, 3.05) is 12.0 Å². The SMILES string of the molecule is Cc1cc(N=[N-])cc(-c2cccc(N[N+]3=CCC3)c2)c1C. The van der Waals surface area contributed by atoms with Crippen molar-refractivity contribution < 1.29 is 4.68 Å². The minimum Gasteiger partial charge on any atom is -0.706 e. The molecule has 3 rings (SSSR count). The number of rotatable bonds is 4. The third-order valence-electron chi connectivity index (χ3n) is 3.93. The number of aryl methyl sites for hydroxylation is 1. The van der Waals surface area contributed by atoms with Crippen LogP contribution in [-0.4, -0.2) is 17.4 Å². The number of benzene rings is 2. The lowest BCUT2D eigenvalue weighted by atomic mass is 9.96. The molecule has 0 saturated carbocycles. The van der Waals surface area contributed by atoms with Gasteiger partial charge in [0.2, 0.25) is 0 Å². The molecule has 0 radical (unpaired) electrons. The van der Waals surface area contributed by atoms with E-state index in [4.69, 9.17) is 5.53 Å². The summed E-state index contributed by atoms with van der Waals surface area (Å²) in [5.41, 5.74) is 18.6. The van der Waals surface area contributed by atoms with Gasteiger partial charge in [-0.1, -0.05) is 12.1 Å². The molecule has 0 unspecified atom stereocenters. The van der Waals surface area contributed by atoms with Crippen LogP contribution >= 0.6 is 0 Å². The molecule has 1 aliphatic heterocycles. The summed E-state index contributed by atoms with van der Waals surface area (Å²) in [5.74, 6) is 0. The number of hydrogen-bond donors (Lipinski definition) is 1. The normalized spacial score (nSPS) is 13.3. The number of hydrazine groups is 1. The summed E-state index contributed by atoms with van der Waals surface area (Å²) in [5, 5.41) is 3.32. The van der Waals surface area contributed by atoms with E-state index in [0.29, 0.717) is 5.69 Å². The maximum absolute atomic E-state index is 9.04. The fourth-order valence-corrected chi connectivity index (χ4v) is 2.48. The van der Waals surface area contributed by atoms with Gasteiger partial charge >= 0.3 is 0 Å². The van der Waals surface area contributed by atoms with E-state index in [2.05, 4.69) is 46.6 Å². The molecule has 1 aliphatic rings. The van der Waals surface area contributed by atoms with Gasteiger partial charge in [-0.15, -0.1) is 4.68 Å². The summed E-state index contributed by atoms with van der Waals surface area (Å²) in [6.07, 6.45) is 3.26. The average molecular weight is 278 g/mol. The van der Waals surface area contributed by atoms with Crippen molar-refractivity contribution >= 4 is 17.6 Å². The smallest absolute Gasteiger partial charge is 0.180 e. The van der Waals surface area contributed by atoms with Crippen molar-refractivity contribution in [1.82, 2.24) is 0 Å². The highest BCUT2D eigenvalue weighted by Gasteiger charge is 2.14. The highest BCUT2D eigenvalue weighted by atomic mass is 15.4. The lowest BCUT2D eigenvalue weighted by Gasteiger charge is -2.14. The second-order valence-corrected chi connectivity index (χ2v) is 5.39. The van der Waals surface area contributed by atoms with Crippen LogP contribution in [0.15, 0.2) is 41.5 Å². The van der Waals surface area contributed by atoms with Crippen molar-refractivity contribution in [2.45, 2.75) is 20.3 Å². The molecular formula is C17H18N4. The third kappa shape index (κ3) is 2.70. The number of hydrazone groups is 1. The van der Waals surface area contributed by atoms with Gasteiger partial charge in [-0.05, 0) is 60.4 Å². The van der Waals surface area contributed by atoms with Gasteiger partial charge in [0.05, 0.1) is 12.1 Å². The van der Waals surface area contributed by atoms with Crippen LogP contribution < -0.4 is 5.43 Å². The van der Waals surface area contributed by atoms with Gasteiger partial charge in [0.15, 0.2) is 12.8 Å². The van der Waals surface area contributed by atoms with E-state index in [9.17, 15) is 0 Å². The van der Waals surface area contributed by atoms with E-state index >= 15 is 0 Å². The Morgan fingerprint density at radius 1 is 1.19 bits per heavy atom. The minimum absolute atomic E-state index is 0.586. The first-order chi connectivity index (χ1) is 10.2. The molecule has 0 aromatic heterocycles. The molecule has 2 aromatic rings. The summed E-state index contributed by atoms with van der Waals surface area (Å²) in [7, 11) is 0. The maximum Gasteiger partial charge on any atom is 0.180 e. The molecule has 4 nitrogen and oxygen atoms in total. The molecule has 4 heteroatoms. The van der Waals surface area contributed by atoms with Crippen molar-refractivity contribution in [3.05, 3.63) is 53.1 Å². The van der Waals surface area contributed by atoms with E-state index in [1.807, 2.05) is 25.1 Å². The zero-order valence-electron chi connectivity index (χ0n) is 12.3. The van der Waals surface area contributed by atoms with Crippen molar-refractivity contribution in [3.8, 4) is 11.1 Å². The molecule has 1 heterocycles. The van der Waals surface area contributed by atoms with Crippen LogP contribution in [0.3, 0.4) is 0 Å². The predicted molar refractivity (Wildman–Crippen MR) is 86.2 cm³/mol. The van der Waals surface area contributed by atoms with Gasteiger partial charge in [-0.25, -0.2) is 0 Å². The second-order valence-electron chi connectivity index (χ2n) is 5.39. The molecule has 0 amide bonds. The van der Waals surface area contributed by atoms with Gasteiger partial charge in [-0.2, -0.15) is 5.43 Å². The number of anilines is 1. The topological polar surface area (TPSA) is 49.7 Å². The summed E-state index contributed by atoms with van der Waals surface area (Å²) in [6, 6.07) is 12.1. The van der Waals surface area contributed by atoms with E-state index in [1.165, 1.54) is 5.56 Å². The fraction of sp³-hybridized carbons (Fsp3) is 0.235. The highest BCUT2D eigenvalue weighted by Crippen LogP contribution is 2.31. The van der Waals surface area contributed by atoms with Crippen LogP contribution in [0.4, 0.5) is 11.4 Å². The van der Waals surface area contributed by atoms with Gasteiger partial charge in [0.25, 0.3) is 0 Å². The number of nitrogens with zero attached hydrogens (tertiary/aromatic N) is 3. The molecule has 0 saturated heterocycles. The second kappa shape index (κ2) is 5.48. The van der Waals surface area contributed by atoms with Crippen molar-refractivity contribution in [2.24, 2.45) is 5.11 Å². The Morgan fingerprint density at radius 3 is 2.67 bits per heavy atom. The van der Waals surface area contributed by atoms with Crippen LogP contribution in [-0.2, 0) is 0 Å². The molecule has 21 heavy (non-hydrogen) atoms. The van der Waals surface area contributed by atoms with Crippen LogP contribution in [0.25, 0.3) is 16.7 Å². The zero-order valence-corrected chi connectivity index (χ0v) is 12.3. The third-order valence-corrected chi connectivity index (χ3v) is 3.93. The molecule has 2 aromatic carbocycles. The Labute approximate surface area is 124 Å². The Morgan fingerprint density at radius 2 is 2.00 bits per heavy atom. The van der Waals surface area contributed by atoms with Crippen LogP contribution in [0.2, 0.25) is 0 Å². The Kier molecular flexibility index (Phi) is 3.52. The number of hydrogen-bond acceptors (Lipinski definition) is 2. The molecule has 0 fully saturated rings. The Balaban J connectivity index is 2.01. The average Bonchev–Trinajstić information content (AvgIpc) is 2.46. The largest absolute Gasteiger partial charge is 0.706 e. The van der Waals surface area contributed by atoms with E-state index in [1.54, 1.807) is 0 Å². The molecule has 0 aliphatic carbocycles. The van der Waals surface area contributed by atoms with Crippen molar-refractivity contribution in [1.29, 1.82) is 0 Å². The first-order valence-electron chi connectivity index (χ1n) is 7.11. The standard InChI is InChI=1S/C17H18N4/c1-12-9-16(19-18)11-17(13(12)2)14-5-3-6-15(10-14)20-21-7-4-8-21/h3,5-7,9-11,20H,4,8H2,1-2H3. The first-order valence-corrected chi connectivity index (χ1v) is 7.11. The van der Waals surface area contributed by atoms with Gasteiger partial charge in [0, 0.05) is 5.69 Å². The lowest BCUT2D eigenvalue weighted by molar-refractivity contribution is -0.515. The monoisotopic (exact) mass is 278 g/mol. The molecule has 0 bridgehead atoms. The predicted octanol–water partition coefficient (Wildman–Crippen LogP) is 4.44. The first kappa shape index (κ1) is 13.5. The van der Waals surface area contributed by atoms with Gasteiger partial charge in [0.1, 0.15) is 0 Å². The maximum atomic E-state index is 9.04. The molecule has 0 spiro atoms. The molecule has 106 valence electrons. The van der Waals surface area contributed by atoms with Crippen molar-refractivity contribution in [3.63, 3.8) is 0 Å². The summed E-state index contributed by atoms with van der Waals surface area (Å²) < 4.78 is 2.08. The highest BCUT2D eigenvalue weighted by molar-refractivity contribution is 5.74. The van der Waals surface area contributed by atoms with Crippen LogP contribution in [0.5, 0.6) is 0 Å². The molecule has 0 atom stereocenters. The quantitative estimate of drug-likeness (QED) is 0.652. The van der Waals surface area contributed by atoms with Gasteiger partial charge in [-0.3, -0.25) is 0 Å². The van der Waals surface area contributed by atoms with Crippen LogP contribution in [0.1, 0.15) is 17.5 Å². The van der Waals surface area contributed by atoms with Crippen LogP contribution in [0, 0.1) is 13.8 Å². The van der Waals surface area contributed by atoms with E-state index in [-0.39, 0.29) is 0 Å². The summed E-state index contributed by atoms with van der Waals surface area (Å²) in [4.78, 5) is 0. The van der Waals surface area contributed by atoms with E-state index in [0.717, 1.165) is 35.3 Å². The molecule has 1 N–H and O–H groups in total. The zero-order chi connectivity index (χ0) is 14.8. The lowest BCUT2D eigenvalue weighted by Crippen LogP contribution is -2.30.